The first-order chi connectivity index (χ1) is 8.06. The lowest BCUT2D eigenvalue weighted by atomic mass is 10.2. The highest BCUT2D eigenvalue weighted by atomic mass is 16.2. The number of carbonyl (C=O) groups excluding carboxylic acids is 2. The van der Waals surface area contributed by atoms with Crippen LogP contribution < -0.4 is 0 Å². The molecule has 1 saturated heterocycles. The number of amides is 2. The monoisotopic (exact) mass is 240 g/mol. The molecule has 0 atom stereocenters. The molecule has 0 aromatic rings. The fourth-order valence-electron chi connectivity index (χ4n) is 2.14. The first kappa shape index (κ1) is 14.0. The second-order valence-electron chi connectivity index (χ2n) is 4.91. The van der Waals surface area contributed by atoms with E-state index in [0.717, 1.165) is 25.9 Å². The molecule has 0 saturated carbocycles. The Morgan fingerprint density at radius 2 is 1.82 bits per heavy atom. The molecule has 2 amide bonds. The van der Waals surface area contributed by atoms with Gasteiger partial charge in [-0.25, -0.2) is 0 Å². The van der Waals surface area contributed by atoms with Gasteiger partial charge in [-0.1, -0.05) is 13.8 Å². The number of hydrogen-bond acceptors (Lipinski definition) is 2. The first-order valence-corrected chi connectivity index (χ1v) is 6.62. The van der Waals surface area contributed by atoms with Gasteiger partial charge in [-0.3, -0.25) is 9.59 Å². The predicted molar refractivity (Wildman–Crippen MR) is 67.5 cm³/mol. The Balaban J connectivity index is 2.36. The topological polar surface area (TPSA) is 40.6 Å². The molecule has 4 nitrogen and oxygen atoms in total. The molecule has 1 fully saturated rings. The van der Waals surface area contributed by atoms with Gasteiger partial charge in [-0.05, 0) is 19.8 Å². The largest absolute Gasteiger partial charge is 0.343 e. The molecule has 0 aliphatic carbocycles. The minimum Gasteiger partial charge on any atom is -0.343 e. The van der Waals surface area contributed by atoms with E-state index in [-0.39, 0.29) is 17.7 Å². The molecular formula is C13H24N2O2. The Labute approximate surface area is 104 Å². The van der Waals surface area contributed by atoms with Gasteiger partial charge < -0.3 is 9.80 Å². The summed E-state index contributed by atoms with van der Waals surface area (Å²) in [7, 11) is 0. The maximum absolute atomic E-state index is 11.8. The fourth-order valence-corrected chi connectivity index (χ4v) is 2.14. The van der Waals surface area contributed by atoms with Crippen LogP contribution >= 0.6 is 0 Å². The fraction of sp³-hybridized carbons (Fsp3) is 0.846. The van der Waals surface area contributed by atoms with Gasteiger partial charge in [0.1, 0.15) is 0 Å². The standard InChI is InChI=1S/C13H24N2O2/c1-4-14(13(17)11(2)3)10-7-12(16)15-8-5-6-9-15/h11H,4-10H2,1-3H3. The second-order valence-corrected chi connectivity index (χ2v) is 4.91. The summed E-state index contributed by atoms with van der Waals surface area (Å²) in [5, 5.41) is 0. The molecule has 4 heteroatoms. The maximum atomic E-state index is 11.8. The van der Waals surface area contributed by atoms with Crippen molar-refractivity contribution < 1.29 is 9.59 Å². The van der Waals surface area contributed by atoms with Crippen LogP contribution in [-0.2, 0) is 9.59 Å². The summed E-state index contributed by atoms with van der Waals surface area (Å²) in [5.74, 6) is 0.344. The van der Waals surface area contributed by atoms with E-state index < -0.39 is 0 Å². The Hall–Kier alpha value is -1.06. The van der Waals surface area contributed by atoms with Crippen molar-refractivity contribution in [3.05, 3.63) is 0 Å². The van der Waals surface area contributed by atoms with Crippen LogP contribution in [0.1, 0.15) is 40.0 Å². The summed E-state index contributed by atoms with van der Waals surface area (Å²) in [6.45, 7) is 8.78. The van der Waals surface area contributed by atoms with Gasteiger partial charge in [0, 0.05) is 38.5 Å². The van der Waals surface area contributed by atoms with Crippen LogP contribution in [0.3, 0.4) is 0 Å². The smallest absolute Gasteiger partial charge is 0.225 e. The molecule has 0 radical (unpaired) electrons. The minimum absolute atomic E-state index is 0.0110. The average Bonchev–Trinajstić information content (AvgIpc) is 2.82. The van der Waals surface area contributed by atoms with E-state index in [9.17, 15) is 9.59 Å². The molecule has 0 unspecified atom stereocenters. The Morgan fingerprint density at radius 1 is 1.24 bits per heavy atom. The van der Waals surface area contributed by atoms with Gasteiger partial charge in [0.2, 0.25) is 11.8 Å². The normalized spacial score (nSPS) is 15.4. The summed E-state index contributed by atoms with van der Waals surface area (Å²) in [5.41, 5.74) is 0. The molecule has 98 valence electrons. The Bertz CT molecular complexity index is 271. The summed E-state index contributed by atoms with van der Waals surface area (Å²) < 4.78 is 0. The summed E-state index contributed by atoms with van der Waals surface area (Å²) in [6, 6.07) is 0. The van der Waals surface area contributed by atoms with Crippen LogP contribution in [-0.4, -0.2) is 47.8 Å². The molecule has 1 rings (SSSR count). The van der Waals surface area contributed by atoms with Crippen molar-refractivity contribution in [3.63, 3.8) is 0 Å². The lowest BCUT2D eigenvalue weighted by Gasteiger charge is -2.24. The number of rotatable bonds is 5. The van der Waals surface area contributed by atoms with Crippen LogP contribution in [0.4, 0.5) is 0 Å². The number of likely N-dealkylation sites (tertiary alicyclic amines) is 1. The summed E-state index contributed by atoms with van der Waals surface area (Å²) in [4.78, 5) is 27.3. The van der Waals surface area contributed by atoms with E-state index in [2.05, 4.69) is 0 Å². The van der Waals surface area contributed by atoms with Gasteiger partial charge in [-0.2, -0.15) is 0 Å². The Morgan fingerprint density at radius 3 is 2.29 bits per heavy atom. The molecule has 1 heterocycles. The van der Waals surface area contributed by atoms with Gasteiger partial charge >= 0.3 is 0 Å². The zero-order valence-corrected chi connectivity index (χ0v) is 11.2. The van der Waals surface area contributed by atoms with Crippen LogP contribution in [0.5, 0.6) is 0 Å². The van der Waals surface area contributed by atoms with Crippen molar-refractivity contribution >= 4 is 11.8 Å². The van der Waals surface area contributed by atoms with E-state index in [1.165, 1.54) is 0 Å². The van der Waals surface area contributed by atoms with Gasteiger partial charge in [0.15, 0.2) is 0 Å². The lowest BCUT2D eigenvalue weighted by Crippen LogP contribution is -2.38. The van der Waals surface area contributed by atoms with Crippen molar-refractivity contribution in [2.75, 3.05) is 26.2 Å². The molecule has 0 spiro atoms. The van der Waals surface area contributed by atoms with Crippen LogP contribution in [0.2, 0.25) is 0 Å². The summed E-state index contributed by atoms with van der Waals surface area (Å²) >= 11 is 0. The van der Waals surface area contributed by atoms with E-state index >= 15 is 0 Å². The zero-order valence-electron chi connectivity index (χ0n) is 11.2. The predicted octanol–water partition coefficient (Wildman–Crippen LogP) is 1.50. The van der Waals surface area contributed by atoms with E-state index in [4.69, 9.17) is 0 Å². The van der Waals surface area contributed by atoms with E-state index in [1.54, 1.807) is 4.90 Å². The van der Waals surface area contributed by atoms with Crippen molar-refractivity contribution in [2.24, 2.45) is 5.92 Å². The molecule has 0 N–H and O–H groups in total. The molecule has 0 aromatic carbocycles. The quantitative estimate of drug-likeness (QED) is 0.730. The molecule has 17 heavy (non-hydrogen) atoms. The highest BCUT2D eigenvalue weighted by Gasteiger charge is 2.20. The number of nitrogens with zero attached hydrogens (tertiary/aromatic N) is 2. The molecule has 0 aromatic heterocycles. The highest BCUT2D eigenvalue weighted by Crippen LogP contribution is 2.10. The van der Waals surface area contributed by atoms with Crippen LogP contribution in [0, 0.1) is 5.92 Å². The van der Waals surface area contributed by atoms with Crippen molar-refractivity contribution in [1.82, 2.24) is 9.80 Å². The molecule has 0 bridgehead atoms. The third-order valence-electron chi connectivity index (χ3n) is 3.24. The SMILES string of the molecule is CCN(CCC(=O)N1CCCC1)C(=O)C(C)C. The average molecular weight is 240 g/mol. The number of hydrogen-bond donors (Lipinski definition) is 0. The first-order valence-electron chi connectivity index (χ1n) is 6.62. The maximum Gasteiger partial charge on any atom is 0.225 e. The summed E-state index contributed by atoms with van der Waals surface area (Å²) in [6.07, 6.45) is 2.70. The van der Waals surface area contributed by atoms with Crippen LogP contribution in [0.25, 0.3) is 0 Å². The van der Waals surface area contributed by atoms with Crippen molar-refractivity contribution in [3.8, 4) is 0 Å². The number of carbonyl (C=O) groups is 2. The van der Waals surface area contributed by atoms with Gasteiger partial charge in [-0.15, -0.1) is 0 Å². The van der Waals surface area contributed by atoms with E-state index in [0.29, 0.717) is 19.5 Å². The molecule has 1 aliphatic heterocycles. The third kappa shape index (κ3) is 4.02. The minimum atomic E-state index is 0.0110. The van der Waals surface area contributed by atoms with Crippen LogP contribution in [0.15, 0.2) is 0 Å². The molecule has 1 aliphatic rings. The lowest BCUT2D eigenvalue weighted by molar-refractivity contribution is -0.136. The van der Waals surface area contributed by atoms with Gasteiger partial charge in [0.05, 0.1) is 0 Å². The van der Waals surface area contributed by atoms with Crippen molar-refractivity contribution in [1.29, 1.82) is 0 Å². The zero-order chi connectivity index (χ0) is 12.8. The Kier molecular flexibility index (Phi) is 5.45. The molecular weight excluding hydrogens is 216 g/mol. The van der Waals surface area contributed by atoms with Gasteiger partial charge in [0.25, 0.3) is 0 Å². The highest BCUT2D eigenvalue weighted by molar-refractivity contribution is 5.80. The van der Waals surface area contributed by atoms with Crippen molar-refractivity contribution in [2.45, 2.75) is 40.0 Å². The third-order valence-corrected chi connectivity index (χ3v) is 3.24. The van der Waals surface area contributed by atoms with E-state index in [1.807, 2.05) is 25.7 Å². The second kappa shape index (κ2) is 6.62.